The lowest BCUT2D eigenvalue weighted by atomic mass is 10.1. The fraction of sp³-hybridized carbons (Fsp3) is 0.294. The molecule has 3 rings (SSSR count). The van der Waals surface area contributed by atoms with E-state index in [1.165, 1.54) is 11.3 Å². The van der Waals surface area contributed by atoms with Crippen LogP contribution in [0.1, 0.15) is 25.8 Å². The van der Waals surface area contributed by atoms with Crippen LogP contribution in [0.4, 0.5) is 17.2 Å². The number of fused-ring (bicyclic) bond motifs is 1. The Bertz CT molecular complexity index is 651. The lowest BCUT2D eigenvalue weighted by Crippen LogP contribution is -2.24. The number of anilines is 3. The number of carbonyl (C=O) groups is 1. The topological polar surface area (TPSA) is 45.2 Å². The van der Waals surface area contributed by atoms with Crippen LogP contribution in [-0.2, 0) is 11.2 Å². The maximum absolute atomic E-state index is 11.4. The Kier molecular flexibility index (Phi) is 3.60. The van der Waals surface area contributed by atoms with E-state index >= 15 is 0 Å². The van der Waals surface area contributed by atoms with E-state index in [2.05, 4.69) is 46.4 Å². The van der Waals surface area contributed by atoms with E-state index in [0.29, 0.717) is 18.3 Å². The van der Waals surface area contributed by atoms with Crippen LogP contribution in [0.5, 0.6) is 0 Å². The molecular weight excluding hydrogens is 262 g/mol. The molecule has 108 valence electrons. The number of rotatable bonds is 3. The number of aromatic nitrogens is 1. The number of carbonyl (C=O) groups excluding carboxylic acids is 1. The summed E-state index contributed by atoms with van der Waals surface area (Å²) in [4.78, 5) is 18.0. The van der Waals surface area contributed by atoms with E-state index in [1.54, 1.807) is 0 Å². The summed E-state index contributed by atoms with van der Waals surface area (Å²) in [6.07, 6.45) is 3.33. The Hall–Kier alpha value is -2.36. The van der Waals surface area contributed by atoms with Gasteiger partial charge in [-0.1, -0.05) is 25.1 Å². The van der Waals surface area contributed by atoms with Crippen LogP contribution in [0.15, 0.2) is 42.6 Å². The molecule has 4 heteroatoms. The van der Waals surface area contributed by atoms with Crippen LogP contribution in [0.3, 0.4) is 0 Å². The summed E-state index contributed by atoms with van der Waals surface area (Å²) in [6.45, 7) is 4.04. The summed E-state index contributed by atoms with van der Waals surface area (Å²) in [5, 5.41) is 2.77. The van der Waals surface area contributed by atoms with Gasteiger partial charge in [0.25, 0.3) is 0 Å². The van der Waals surface area contributed by atoms with Crippen molar-refractivity contribution in [3.8, 4) is 0 Å². The molecule has 2 aromatic rings. The Morgan fingerprint density at radius 2 is 2.14 bits per heavy atom. The standard InChI is InChI=1S/C17H19N3O/c1-3-17(21)19-16-9-8-14(11-18-16)20-12(2)10-13-6-4-5-7-15(13)20/h4-9,11-12H,3,10H2,1-2H3,(H,18,19,21). The molecule has 0 bridgehead atoms. The maximum atomic E-state index is 11.4. The largest absolute Gasteiger partial charge is 0.337 e. The van der Waals surface area contributed by atoms with Crippen LogP contribution in [0.25, 0.3) is 0 Å². The van der Waals surface area contributed by atoms with Gasteiger partial charge in [-0.2, -0.15) is 0 Å². The molecule has 1 aliphatic rings. The minimum atomic E-state index is -0.0184. The number of hydrogen-bond donors (Lipinski definition) is 1. The van der Waals surface area contributed by atoms with Crippen molar-refractivity contribution in [3.05, 3.63) is 48.2 Å². The molecule has 2 heterocycles. The summed E-state index contributed by atoms with van der Waals surface area (Å²) in [5.41, 5.74) is 3.67. The molecule has 1 aromatic carbocycles. The van der Waals surface area contributed by atoms with Gasteiger partial charge in [0.15, 0.2) is 0 Å². The van der Waals surface area contributed by atoms with Gasteiger partial charge < -0.3 is 10.2 Å². The van der Waals surface area contributed by atoms with E-state index < -0.39 is 0 Å². The first-order valence-electron chi connectivity index (χ1n) is 7.32. The zero-order valence-electron chi connectivity index (χ0n) is 12.3. The van der Waals surface area contributed by atoms with Crippen molar-refractivity contribution in [2.45, 2.75) is 32.7 Å². The minimum absolute atomic E-state index is 0.0184. The van der Waals surface area contributed by atoms with Crippen molar-refractivity contribution >= 4 is 23.1 Å². The van der Waals surface area contributed by atoms with Gasteiger partial charge in [0, 0.05) is 18.2 Å². The summed E-state index contributed by atoms with van der Waals surface area (Å²) in [7, 11) is 0. The molecule has 0 aliphatic carbocycles. The average Bonchev–Trinajstić information content (AvgIpc) is 2.84. The molecule has 1 N–H and O–H groups in total. The normalized spacial score (nSPS) is 16.7. The van der Waals surface area contributed by atoms with Gasteiger partial charge in [0.05, 0.1) is 11.9 Å². The van der Waals surface area contributed by atoms with Crippen molar-refractivity contribution in [1.29, 1.82) is 0 Å². The molecule has 1 unspecified atom stereocenters. The van der Waals surface area contributed by atoms with E-state index in [0.717, 1.165) is 12.1 Å². The smallest absolute Gasteiger partial charge is 0.225 e. The van der Waals surface area contributed by atoms with Crippen LogP contribution in [-0.4, -0.2) is 16.9 Å². The maximum Gasteiger partial charge on any atom is 0.225 e. The lowest BCUT2D eigenvalue weighted by Gasteiger charge is -2.24. The number of para-hydroxylation sites is 1. The Balaban J connectivity index is 1.86. The van der Waals surface area contributed by atoms with E-state index in [1.807, 2.05) is 25.3 Å². The highest BCUT2D eigenvalue weighted by molar-refractivity contribution is 5.89. The molecule has 1 atom stereocenters. The van der Waals surface area contributed by atoms with Gasteiger partial charge in [-0.15, -0.1) is 0 Å². The zero-order chi connectivity index (χ0) is 14.8. The predicted molar refractivity (Wildman–Crippen MR) is 84.9 cm³/mol. The monoisotopic (exact) mass is 281 g/mol. The fourth-order valence-corrected chi connectivity index (χ4v) is 2.79. The molecule has 0 spiro atoms. The fourth-order valence-electron chi connectivity index (χ4n) is 2.79. The quantitative estimate of drug-likeness (QED) is 0.936. The number of nitrogens with one attached hydrogen (secondary N) is 1. The van der Waals surface area contributed by atoms with E-state index in [9.17, 15) is 4.79 Å². The third-order valence-corrected chi connectivity index (χ3v) is 3.82. The minimum Gasteiger partial charge on any atom is -0.337 e. The molecule has 21 heavy (non-hydrogen) atoms. The zero-order valence-corrected chi connectivity index (χ0v) is 12.3. The second-order valence-corrected chi connectivity index (χ2v) is 5.36. The van der Waals surface area contributed by atoms with E-state index in [4.69, 9.17) is 0 Å². The second kappa shape index (κ2) is 5.56. The molecular formula is C17H19N3O. The summed E-state index contributed by atoms with van der Waals surface area (Å²) in [6, 6.07) is 12.7. The van der Waals surface area contributed by atoms with Crippen molar-refractivity contribution < 1.29 is 4.79 Å². The number of benzene rings is 1. The van der Waals surface area contributed by atoms with Crippen molar-refractivity contribution in [3.63, 3.8) is 0 Å². The first-order chi connectivity index (χ1) is 10.2. The van der Waals surface area contributed by atoms with Gasteiger partial charge in [0.1, 0.15) is 5.82 Å². The molecule has 1 aromatic heterocycles. The highest BCUT2D eigenvalue weighted by Gasteiger charge is 2.26. The highest BCUT2D eigenvalue weighted by Crippen LogP contribution is 2.37. The highest BCUT2D eigenvalue weighted by atomic mass is 16.1. The first kappa shape index (κ1) is 13.6. The Morgan fingerprint density at radius 1 is 1.33 bits per heavy atom. The van der Waals surface area contributed by atoms with E-state index in [-0.39, 0.29) is 5.91 Å². The van der Waals surface area contributed by atoms with Crippen LogP contribution >= 0.6 is 0 Å². The van der Waals surface area contributed by atoms with Crippen LogP contribution in [0, 0.1) is 0 Å². The Labute approximate surface area is 124 Å². The van der Waals surface area contributed by atoms with Crippen molar-refractivity contribution in [2.24, 2.45) is 0 Å². The SMILES string of the molecule is CCC(=O)Nc1ccc(N2c3ccccc3CC2C)cn1. The molecule has 0 saturated heterocycles. The molecule has 0 radical (unpaired) electrons. The predicted octanol–water partition coefficient (Wildman–Crippen LogP) is 3.51. The number of pyridine rings is 1. The van der Waals surface area contributed by atoms with Crippen LogP contribution in [0.2, 0.25) is 0 Å². The number of amides is 1. The van der Waals surface area contributed by atoms with Gasteiger partial charge in [-0.3, -0.25) is 4.79 Å². The van der Waals surface area contributed by atoms with Gasteiger partial charge in [-0.25, -0.2) is 4.98 Å². The average molecular weight is 281 g/mol. The molecule has 1 amide bonds. The van der Waals surface area contributed by atoms with Crippen molar-refractivity contribution in [1.82, 2.24) is 4.98 Å². The second-order valence-electron chi connectivity index (χ2n) is 5.36. The first-order valence-corrected chi connectivity index (χ1v) is 7.32. The molecule has 1 aliphatic heterocycles. The lowest BCUT2D eigenvalue weighted by molar-refractivity contribution is -0.115. The van der Waals surface area contributed by atoms with Crippen LogP contribution < -0.4 is 10.2 Å². The molecule has 0 fully saturated rings. The summed E-state index contributed by atoms with van der Waals surface area (Å²) < 4.78 is 0. The van der Waals surface area contributed by atoms with Gasteiger partial charge in [-0.05, 0) is 37.1 Å². The third kappa shape index (κ3) is 2.61. The molecule has 0 saturated carbocycles. The third-order valence-electron chi connectivity index (χ3n) is 3.82. The molecule has 4 nitrogen and oxygen atoms in total. The number of nitrogens with zero attached hydrogens (tertiary/aromatic N) is 2. The van der Waals surface area contributed by atoms with Gasteiger partial charge in [0.2, 0.25) is 5.91 Å². The van der Waals surface area contributed by atoms with Crippen molar-refractivity contribution in [2.75, 3.05) is 10.2 Å². The Morgan fingerprint density at radius 3 is 2.86 bits per heavy atom. The summed E-state index contributed by atoms with van der Waals surface area (Å²) >= 11 is 0. The van der Waals surface area contributed by atoms with Gasteiger partial charge >= 0.3 is 0 Å². The summed E-state index contributed by atoms with van der Waals surface area (Å²) in [5.74, 6) is 0.584. The number of hydrogen-bond acceptors (Lipinski definition) is 3.